The van der Waals surface area contributed by atoms with Gasteiger partial charge in [0.25, 0.3) is 0 Å². The first kappa shape index (κ1) is 24.3. The van der Waals surface area contributed by atoms with Crippen molar-refractivity contribution in [3.05, 3.63) is 35.4 Å². The van der Waals surface area contributed by atoms with E-state index in [1.807, 2.05) is 24.3 Å². The summed E-state index contributed by atoms with van der Waals surface area (Å²) in [5.41, 5.74) is 1.69. The van der Waals surface area contributed by atoms with Gasteiger partial charge in [-0.25, -0.2) is 0 Å². The number of benzene rings is 2. The zero-order valence-corrected chi connectivity index (χ0v) is 20.6. The van der Waals surface area contributed by atoms with Crippen molar-refractivity contribution in [3.8, 4) is 34.5 Å². The first-order valence-electron chi connectivity index (χ1n) is 10.9. The molecule has 2 saturated heterocycles. The molecule has 2 aliphatic rings. The van der Waals surface area contributed by atoms with Crippen LogP contribution in [-0.4, -0.2) is 63.0 Å². The first-order chi connectivity index (χ1) is 16.5. The molecule has 186 valence electrons. The van der Waals surface area contributed by atoms with Gasteiger partial charge in [0.05, 0.1) is 62.0 Å². The molecule has 0 N–H and O–H groups in total. The highest BCUT2D eigenvalue weighted by atomic mass is 16.7. The van der Waals surface area contributed by atoms with Gasteiger partial charge in [0, 0.05) is 24.5 Å². The number of rotatable bonds is 9. The highest BCUT2D eigenvalue weighted by molar-refractivity contribution is 5.56. The molecule has 34 heavy (non-hydrogen) atoms. The van der Waals surface area contributed by atoms with Crippen LogP contribution >= 0.6 is 0 Å². The maximum absolute atomic E-state index is 6.38. The van der Waals surface area contributed by atoms with Crippen LogP contribution in [0.3, 0.4) is 0 Å². The molecule has 4 rings (SSSR count). The smallest absolute Gasteiger partial charge is 0.203 e. The SMILES string of the molecule is COc1cc([C@@H]2OC[C@@H]3[C@H]2CO[C@]3(OC)c2cc(OC)c(OC)c(OC)c2)cc(OC)c1OC. The molecule has 0 amide bonds. The minimum absolute atomic E-state index is 0.0295. The van der Waals surface area contributed by atoms with Crippen molar-refractivity contribution in [1.29, 1.82) is 0 Å². The van der Waals surface area contributed by atoms with Gasteiger partial charge in [-0.1, -0.05) is 0 Å². The van der Waals surface area contributed by atoms with Crippen molar-refractivity contribution in [3.63, 3.8) is 0 Å². The van der Waals surface area contributed by atoms with Crippen molar-refractivity contribution in [1.82, 2.24) is 0 Å². The Morgan fingerprint density at radius 3 is 1.62 bits per heavy atom. The Hall–Kier alpha value is -2.88. The minimum Gasteiger partial charge on any atom is -0.493 e. The molecule has 4 atom stereocenters. The van der Waals surface area contributed by atoms with E-state index in [1.54, 1.807) is 49.8 Å². The summed E-state index contributed by atoms with van der Waals surface area (Å²) < 4.78 is 51.9. The van der Waals surface area contributed by atoms with E-state index in [1.165, 1.54) is 0 Å². The zero-order chi connectivity index (χ0) is 24.5. The van der Waals surface area contributed by atoms with Gasteiger partial charge < -0.3 is 42.6 Å². The van der Waals surface area contributed by atoms with Crippen molar-refractivity contribution in [2.75, 3.05) is 63.0 Å². The minimum atomic E-state index is -1.03. The van der Waals surface area contributed by atoms with Crippen LogP contribution in [0.4, 0.5) is 0 Å². The third kappa shape index (κ3) is 3.68. The van der Waals surface area contributed by atoms with E-state index in [4.69, 9.17) is 42.6 Å². The summed E-state index contributed by atoms with van der Waals surface area (Å²) in [4.78, 5) is 0. The molecule has 0 bridgehead atoms. The lowest BCUT2D eigenvalue weighted by molar-refractivity contribution is -0.230. The number of hydrogen-bond donors (Lipinski definition) is 0. The normalized spacial score (nSPS) is 25.6. The average molecular weight is 477 g/mol. The van der Waals surface area contributed by atoms with Gasteiger partial charge in [0.15, 0.2) is 28.8 Å². The summed E-state index contributed by atoms with van der Waals surface area (Å²) in [6.07, 6.45) is -0.238. The Kier molecular flexibility index (Phi) is 6.97. The molecule has 2 aromatic carbocycles. The van der Waals surface area contributed by atoms with Crippen molar-refractivity contribution < 1.29 is 42.6 Å². The molecule has 0 unspecified atom stereocenters. The van der Waals surface area contributed by atoms with Gasteiger partial charge in [-0.15, -0.1) is 0 Å². The molecule has 2 fully saturated rings. The molecule has 0 radical (unpaired) electrons. The van der Waals surface area contributed by atoms with E-state index in [-0.39, 0.29) is 17.9 Å². The van der Waals surface area contributed by atoms with Gasteiger partial charge in [-0.3, -0.25) is 0 Å². The van der Waals surface area contributed by atoms with E-state index in [2.05, 4.69) is 0 Å². The summed E-state index contributed by atoms with van der Waals surface area (Å²) in [7, 11) is 11.1. The molecule has 0 spiro atoms. The fraction of sp³-hybridized carbons (Fsp3) is 0.520. The molecule has 2 heterocycles. The quantitative estimate of drug-likeness (QED) is 0.539. The van der Waals surface area contributed by atoms with E-state index < -0.39 is 5.79 Å². The van der Waals surface area contributed by atoms with Crippen LogP contribution in [0, 0.1) is 11.8 Å². The predicted octanol–water partition coefficient (Wildman–Crippen LogP) is 3.57. The number of ether oxygens (including phenoxy) is 9. The highest BCUT2D eigenvalue weighted by Gasteiger charge is 2.58. The Balaban J connectivity index is 1.73. The van der Waals surface area contributed by atoms with Crippen LogP contribution in [0.15, 0.2) is 24.3 Å². The zero-order valence-electron chi connectivity index (χ0n) is 20.6. The molecule has 0 aromatic heterocycles. The topological polar surface area (TPSA) is 83.1 Å². The summed E-state index contributed by atoms with van der Waals surface area (Å²) in [6, 6.07) is 7.56. The molecule has 0 aliphatic carbocycles. The third-order valence-corrected chi connectivity index (χ3v) is 6.73. The maximum Gasteiger partial charge on any atom is 0.203 e. The molecule has 9 heteroatoms. The molecule has 9 nitrogen and oxygen atoms in total. The van der Waals surface area contributed by atoms with E-state index in [0.717, 1.165) is 11.1 Å². The van der Waals surface area contributed by atoms with Crippen LogP contribution in [-0.2, 0) is 20.0 Å². The Morgan fingerprint density at radius 1 is 0.676 bits per heavy atom. The lowest BCUT2D eigenvalue weighted by Gasteiger charge is -2.33. The third-order valence-electron chi connectivity index (χ3n) is 6.73. The number of hydrogen-bond acceptors (Lipinski definition) is 9. The van der Waals surface area contributed by atoms with Crippen LogP contribution < -0.4 is 28.4 Å². The molecule has 0 saturated carbocycles. The van der Waals surface area contributed by atoms with Crippen molar-refractivity contribution in [2.45, 2.75) is 11.9 Å². The lowest BCUT2D eigenvalue weighted by Crippen LogP contribution is -2.36. The van der Waals surface area contributed by atoms with Gasteiger partial charge in [-0.2, -0.15) is 0 Å². The summed E-state index contributed by atoms with van der Waals surface area (Å²) in [6.45, 7) is 0.882. The Labute approximate surface area is 199 Å². The standard InChI is InChI=1S/C25H32O9/c1-26-18-8-14(9-19(27-2)23(18)30-5)22-16-12-34-25(32-7,17(16)13-33-22)15-10-20(28-3)24(31-6)21(11-15)29-4/h8-11,16-17,22H,12-13H2,1-7H3/t16-,17-,22+,25-/m1/s1. The van der Waals surface area contributed by atoms with Crippen molar-refractivity contribution in [2.24, 2.45) is 11.8 Å². The summed E-state index contributed by atoms with van der Waals surface area (Å²) in [5.74, 6) is 2.16. The average Bonchev–Trinajstić information content (AvgIpc) is 3.47. The number of fused-ring (bicyclic) bond motifs is 1. The molecule has 2 aromatic rings. The van der Waals surface area contributed by atoms with Gasteiger partial charge in [0.2, 0.25) is 11.5 Å². The lowest BCUT2D eigenvalue weighted by atomic mass is 9.82. The first-order valence-corrected chi connectivity index (χ1v) is 10.9. The van der Waals surface area contributed by atoms with E-state index in [9.17, 15) is 0 Å². The van der Waals surface area contributed by atoms with Crippen molar-refractivity contribution >= 4 is 0 Å². The monoisotopic (exact) mass is 476 g/mol. The molecule has 2 aliphatic heterocycles. The van der Waals surface area contributed by atoms with Crippen LogP contribution in [0.2, 0.25) is 0 Å². The molecular formula is C25H32O9. The van der Waals surface area contributed by atoms with Gasteiger partial charge in [-0.05, 0) is 29.8 Å². The fourth-order valence-electron chi connectivity index (χ4n) is 5.10. The fourth-order valence-corrected chi connectivity index (χ4v) is 5.10. The second-order valence-electron chi connectivity index (χ2n) is 8.08. The van der Waals surface area contributed by atoms with E-state index in [0.29, 0.717) is 47.7 Å². The predicted molar refractivity (Wildman–Crippen MR) is 123 cm³/mol. The van der Waals surface area contributed by atoms with Gasteiger partial charge >= 0.3 is 0 Å². The van der Waals surface area contributed by atoms with Crippen LogP contribution in [0.1, 0.15) is 17.2 Å². The summed E-state index contributed by atoms with van der Waals surface area (Å²) >= 11 is 0. The van der Waals surface area contributed by atoms with Crippen LogP contribution in [0.25, 0.3) is 0 Å². The maximum atomic E-state index is 6.38. The largest absolute Gasteiger partial charge is 0.493 e. The van der Waals surface area contributed by atoms with E-state index >= 15 is 0 Å². The molecular weight excluding hydrogens is 444 g/mol. The number of methoxy groups -OCH3 is 7. The Morgan fingerprint density at radius 2 is 1.18 bits per heavy atom. The highest BCUT2D eigenvalue weighted by Crippen LogP contribution is 2.56. The second-order valence-corrected chi connectivity index (χ2v) is 8.08. The Bertz CT molecular complexity index is 973. The van der Waals surface area contributed by atoms with Gasteiger partial charge in [0.1, 0.15) is 0 Å². The van der Waals surface area contributed by atoms with Crippen LogP contribution in [0.5, 0.6) is 34.5 Å². The second kappa shape index (κ2) is 9.77. The summed E-state index contributed by atoms with van der Waals surface area (Å²) in [5, 5.41) is 0.